The van der Waals surface area contributed by atoms with E-state index in [9.17, 15) is 9.59 Å². The Labute approximate surface area is 115 Å². The molecular formula is C11H16ClN5O2. The van der Waals surface area contributed by atoms with Gasteiger partial charge in [0.2, 0.25) is 5.91 Å². The number of rotatable bonds is 5. The van der Waals surface area contributed by atoms with Gasteiger partial charge in [-0.25, -0.2) is 10.8 Å². The van der Waals surface area contributed by atoms with Crippen molar-refractivity contribution in [1.82, 2.24) is 10.3 Å². The number of nitrogen functional groups attached to an aromatic ring is 1. The average molecular weight is 286 g/mol. The van der Waals surface area contributed by atoms with Crippen LogP contribution in [-0.4, -0.2) is 22.8 Å². The summed E-state index contributed by atoms with van der Waals surface area (Å²) in [4.78, 5) is 27.1. The minimum Gasteiger partial charge on any atom is -0.368 e. The number of anilines is 1. The predicted molar refractivity (Wildman–Crippen MR) is 72.3 cm³/mol. The molecule has 0 fully saturated rings. The molecule has 1 rings (SSSR count). The minimum absolute atomic E-state index is 0.112. The number of amides is 2. The standard InChI is InChI=1S/C11H16ClN5O2/c1-5(2)9(10(13)18)16-11(19)6-3-7(12)15-8(4-6)17-14/h3-5,9H,14H2,1-2H3,(H2,13,18)(H,15,17)(H,16,19). The van der Waals surface area contributed by atoms with Crippen molar-refractivity contribution in [3.63, 3.8) is 0 Å². The summed E-state index contributed by atoms with van der Waals surface area (Å²) in [5.41, 5.74) is 7.76. The fourth-order valence-electron chi connectivity index (χ4n) is 1.49. The van der Waals surface area contributed by atoms with Crippen LogP contribution >= 0.6 is 11.6 Å². The maximum Gasteiger partial charge on any atom is 0.252 e. The van der Waals surface area contributed by atoms with E-state index in [0.29, 0.717) is 0 Å². The monoisotopic (exact) mass is 285 g/mol. The number of nitrogens with one attached hydrogen (secondary N) is 2. The lowest BCUT2D eigenvalue weighted by Gasteiger charge is -2.19. The number of pyridine rings is 1. The summed E-state index contributed by atoms with van der Waals surface area (Å²) >= 11 is 5.76. The van der Waals surface area contributed by atoms with Crippen molar-refractivity contribution < 1.29 is 9.59 Å². The summed E-state index contributed by atoms with van der Waals surface area (Å²) in [5.74, 6) is 4.27. The Bertz CT molecular complexity index is 492. The molecule has 19 heavy (non-hydrogen) atoms. The number of hydrazine groups is 1. The van der Waals surface area contributed by atoms with Gasteiger partial charge >= 0.3 is 0 Å². The Morgan fingerprint density at radius 1 is 1.37 bits per heavy atom. The molecule has 7 nitrogen and oxygen atoms in total. The summed E-state index contributed by atoms with van der Waals surface area (Å²) < 4.78 is 0. The van der Waals surface area contributed by atoms with Crippen LogP contribution in [0.1, 0.15) is 24.2 Å². The van der Waals surface area contributed by atoms with Gasteiger partial charge < -0.3 is 16.5 Å². The van der Waals surface area contributed by atoms with Crippen molar-refractivity contribution in [3.8, 4) is 0 Å². The second kappa shape index (κ2) is 6.35. The minimum atomic E-state index is -0.756. The van der Waals surface area contributed by atoms with Crippen LogP contribution in [-0.2, 0) is 4.79 Å². The smallest absolute Gasteiger partial charge is 0.252 e. The van der Waals surface area contributed by atoms with Crippen molar-refractivity contribution in [2.45, 2.75) is 19.9 Å². The highest BCUT2D eigenvalue weighted by Crippen LogP contribution is 2.14. The molecule has 0 aromatic carbocycles. The largest absolute Gasteiger partial charge is 0.368 e. The number of carbonyl (C=O) groups excluding carboxylic acids is 2. The average Bonchev–Trinajstić information content (AvgIpc) is 2.33. The number of halogens is 1. The van der Waals surface area contributed by atoms with E-state index in [0.717, 1.165) is 0 Å². The van der Waals surface area contributed by atoms with Gasteiger partial charge in [-0.3, -0.25) is 9.59 Å². The number of aromatic nitrogens is 1. The van der Waals surface area contributed by atoms with Crippen LogP contribution in [0.15, 0.2) is 12.1 Å². The zero-order chi connectivity index (χ0) is 14.6. The molecule has 0 saturated carbocycles. The zero-order valence-electron chi connectivity index (χ0n) is 10.6. The molecule has 0 aliphatic rings. The van der Waals surface area contributed by atoms with Gasteiger partial charge in [-0.2, -0.15) is 0 Å². The molecule has 8 heteroatoms. The van der Waals surface area contributed by atoms with Crippen molar-refractivity contribution in [1.29, 1.82) is 0 Å². The number of hydrogen-bond acceptors (Lipinski definition) is 5. The third-order valence-electron chi connectivity index (χ3n) is 2.46. The maximum atomic E-state index is 12.0. The van der Waals surface area contributed by atoms with Gasteiger partial charge in [0.25, 0.3) is 5.91 Å². The van der Waals surface area contributed by atoms with Crippen molar-refractivity contribution >= 4 is 29.2 Å². The Balaban J connectivity index is 2.94. The number of carbonyl (C=O) groups is 2. The summed E-state index contributed by atoms with van der Waals surface area (Å²) in [5, 5.41) is 2.65. The first-order valence-electron chi connectivity index (χ1n) is 5.59. The molecule has 2 amide bonds. The Hall–Kier alpha value is -1.86. The van der Waals surface area contributed by atoms with Crippen LogP contribution in [0, 0.1) is 5.92 Å². The van der Waals surface area contributed by atoms with Crippen LogP contribution in [0.5, 0.6) is 0 Å². The van der Waals surface area contributed by atoms with E-state index >= 15 is 0 Å². The molecule has 104 valence electrons. The van der Waals surface area contributed by atoms with Gasteiger partial charge in [0, 0.05) is 5.56 Å². The molecule has 0 aliphatic carbocycles. The van der Waals surface area contributed by atoms with Crippen LogP contribution in [0.2, 0.25) is 5.15 Å². The number of nitrogens with two attached hydrogens (primary N) is 2. The Morgan fingerprint density at radius 3 is 2.47 bits per heavy atom. The lowest BCUT2D eigenvalue weighted by atomic mass is 10.0. The SMILES string of the molecule is CC(C)C(NC(=O)c1cc(Cl)nc(NN)c1)C(N)=O. The van der Waals surface area contributed by atoms with E-state index in [4.69, 9.17) is 23.2 Å². The normalized spacial score (nSPS) is 12.1. The Kier molecular flexibility index (Phi) is 5.08. The van der Waals surface area contributed by atoms with Crippen molar-refractivity contribution in [3.05, 3.63) is 22.8 Å². The first-order chi connectivity index (χ1) is 8.85. The molecule has 1 aromatic rings. The van der Waals surface area contributed by atoms with Gasteiger partial charge in [-0.15, -0.1) is 0 Å². The van der Waals surface area contributed by atoms with Gasteiger partial charge in [0.15, 0.2) is 0 Å². The third-order valence-corrected chi connectivity index (χ3v) is 2.66. The first-order valence-corrected chi connectivity index (χ1v) is 5.97. The molecule has 1 atom stereocenters. The van der Waals surface area contributed by atoms with E-state index in [-0.39, 0.29) is 22.5 Å². The van der Waals surface area contributed by atoms with E-state index in [1.54, 1.807) is 13.8 Å². The summed E-state index contributed by atoms with van der Waals surface area (Å²) in [6.07, 6.45) is 0. The van der Waals surface area contributed by atoms with Gasteiger partial charge in [0.1, 0.15) is 17.0 Å². The van der Waals surface area contributed by atoms with Gasteiger partial charge in [0.05, 0.1) is 0 Å². The molecule has 0 radical (unpaired) electrons. The van der Waals surface area contributed by atoms with Crippen molar-refractivity contribution in [2.24, 2.45) is 17.5 Å². The van der Waals surface area contributed by atoms with Crippen LogP contribution in [0.4, 0.5) is 5.82 Å². The zero-order valence-corrected chi connectivity index (χ0v) is 11.4. The van der Waals surface area contributed by atoms with E-state index in [1.165, 1.54) is 12.1 Å². The molecule has 1 aromatic heterocycles. The maximum absolute atomic E-state index is 12.0. The number of nitrogens with zero attached hydrogens (tertiary/aromatic N) is 1. The van der Waals surface area contributed by atoms with E-state index in [2.05, 4.69) is 15.7 Å². The van der Waals surface area contributed by atoms with Gasteiger partial charge in [-0.1, -0.05) is 25.4 Å². The second-order valence-electron chi connectivity index (χ2n) is 4.31. The third kappa shape index (κ3) is 4.08. The quantitative estimate of drug-likeness (QED) is 0.351. The summed E-state index contributed by atoms with van der Waals surface area (Å²) in [6, 6.07) is 2.03. The molecule has 1 heterocycles. The highest BCUT2D eigenvalue weighted by atomic mass is 35.5. The number of hydrogen-bond donors (Lipinski definition) is 4. The molecule has 0 spiro atoms. The van der Waals surface area contributed by atoms with Gasteiger partial charge in [-0.05, 0) is 18.1 Å². The van der Waals surface area contributed by atoms with Crippen LogP contribution in [0.3, 0.4) is 0 Å². The van der Waals surface area contributed by atoms with E-state index in [1.807, 2.05) is 0 Å². The summed E-state index contributed by atoms with van der Waals surface area (Å²) in [7, 11) is 0. The molecule has 1 unspecified atom stereocenters. The summed E-state index contributed by atoms with van der Waals surface area (Å²) in [6.45, 7) is 3.56. The molecule has 0 bridgehead atoms. The predicted octanol–water partition coefficient (Wildman–Crippen LogP) is 0.260. The van der Waals surface area contributed by atoms with Crippen LogP contribution in [0.25, 0.3) is 0 Å². The lowest BCUT2D eigenvalue weighted by Crippen LogP contribution is -2.47. The highest BCUT2D eigenvalue weighted by Gasteiger charge is 2.22. The lowest BCUT2D eigenvalue weighted by molar-refractivity contribution is -0.120. The van der Waals surface area contributed by atoms with E-state index < -0.39 is 17.9 Å². The fourth-order valence-corrected chi connectivity index (χ4v) is 1.70. The first kappa shape index (κ1) is 15.2. The highest BCUT2D eigenvalue weighted by molar-refractivity contribution is 6.29. The second-order valence-corrected chi connectivity index (χ2v) is 4.69. The van der Waals surface area contributed by atoms with Crippen LogP contribution < -0.4 is 22.3 Å². The molecule has 0 aliphatic heterocycles. The fraction of sp³-hybridized carbons (Fsp3) is 0.364. The molecular weight excluding hydrogens is 270 g/mol. The Morgan fingerprint density at radius 2 is 2.00 bits per heavy atom. The molecule has 0 saturated heterocycles. The molecule has 6 N–H and O–H groups in total. The van der Waals surface area contributed by atoms with Crippen molar-refractivity contribution in [2.75, 3.05) is 5.43 Å². The topological polar surface area (TPSA) is 123 Å². The number of primary amides is 1.